The van der Waals surface area contributed by atoms with E-state index in [9.17, 15) is 9.59 Å². The molecule has 0 spiro atoms. The zero-order chi connectivity index (χ0) is 13.1. The maximum atomic E-state index is 11.6. The molecule has 0 radical (unpaired) electrons. The third kappa shape index (κ3) is 2.51. The van der Waals surface area contributed by atoms with Gasteiger partial charge in [-0.05, 0) is 23.4 Å². The van der Waals surface area contributed by atoms with E-state index in [1.807, 2.05) is 0 Å². The molecule has 2 rings (SSSR count). The number of carboxylic acid groups (broad SMARTS) is 1. The molecule has 0 saturated carbocycles. The van der Waals surface area contributed by atoms with Crippen molar-refractivity contribution >= 4 is 17.6 Å². The van der Waals surface area contributed by atoms with Crippen LogP contribution in [0.3, 0.4) is 0 Å². The van der Waals surface area contributed by atoms with Crippen molar-refractivity contribution in [1.82, 2.24) is 25.2 Å². The Bertz CT molecular complexity index is 573. The van der Waals surface area contributed by atoms with Crippen LogP contribution in [-0.4, -0.2) is 42.2 Å². The van der Waals surface area contributed by atoms with Crippen molar-refractivity contribution in [2.24, 2.45) is 0 Å². The first-order valence-corrected chi connectivity index (χ1v) is 5.00. The molecule has 0 unspecified atom stereocenters. The standard InChI is InChI=1S/C9H10N6O3/c1-5-2-6(8(11-5)9(17)18)12-7(16)3-15-4-10-13-14-15/h2,4,11H,3H2,1H3,(H,12,16)(H,17,18). The molecule has 0 bridgehead atoms. The fourth-order valence-corrected chi connectivity index (χ4v) is 1.45. The van der Waals surface area contributed by atoms with E-state index in [1.54, 1.807) is 13.0 Å². The number of carboxylic acids is 1. The van der Waals surface area contributed by atoms with Crippen LogP contribution in [0.25, 0.3) is 0 Å². The van der Waals surface area contributed by atoms with Crippen molar-refractivity contribution in [3.05, 3.63) is 23.8 Å². The van der Waals surface area contributed by atoms with Gasteiger partial charge in [-0.15, -0.1) is 5.10 Å². The summed E-state index contributed by atoms with van der Waals surface area (Å²) in [5, 5.41) is 21.7. The summed E-state index contributed by atoms with van der Waals surface area (Å²) in [6.45, 7) is 1.61. The van der Waals surface area contributed by atoms with Crippen LogP contribution >= 0.6 is 0 Å². The van der Waals surface area contributed by atoms with E-state index in [0.29, 0.717) is 5.69 Å². The third-order valence-electron chi connectivity index (χ3n) is 2.14. The second-order valence-electron chi connectivity index (χ2n) is 3.60. The molecule has 2 heterocycles. The zero-order valence-corrected chi connectivity index (χ0v) is 9.41. The molecule has 94 valence electrons. The highest BCUT2D eigenvalue weighted by Crippen LogP contribution is 2.16. The Hall–Kier alpha value is -2.71. The highest BCUT2D eigenvalue weighted by molar-refractivity contribution is 5.99. The SMILES string of the molecule is Cc1cc(NC(=O)Cn2cnnn2)c(C(=O)O)[nH]1. The molecule has 0 fully saturated rings. The van der Waals surface area contributed by atoms with E-state index in [-0.39, 0.29) is 17.9 Å². The number of nitrogens with zero attached hydrogens (tertiary/aromatic N) is 4. The maximum absolute atomic E-state index is 11.6. The van der Waals surface area contributed by atoms with Gasteiger partial charge >= 0.3 is 5.97 Å². The minimum atomic E-state index is -1.14. The lowest BCUT2D eigenvalue weighted by molar-refractivity contribution is -0.116. The first-order valence-electron chi connectivity index (χ1n) is 5.00. The molecule has 0 aliphatic rings. The lowest BCUT2D eigenvalue weighted by Gasteiger charge is -2.03. The Labute approximate surface area is 101 Å². The summed E-state index contributed by atoms with van der Waals surface area (Å²) in [4.78, 5) is 25.2. The highest BCUT2D eigenvalue weighted by atomic mass is 16.4. The molecule has 9 nitrogen and oxygen atoms in total. The van der Waals surface area contributed by atoms with Gasteiger partial charge in [0.2, 0.25) is 5.91 Å². The Morgan fingerprint density at radius 1 is 1.56 bits per heavy atom. The van der Waals surface area contributed by atoms with Crippen LogP contribution in [0.5, 0.6) is 0 Å². The molecule has 18 heavy (non-hydrogen) atoms. The number of nitrogens with one attached hydrogen (secondary N) is 2. The molecule has 0 atom stereocenters. The largest absolute Gasteiger partial charge is 0.477 e. The Morgan fingerprint density at radius 3 is 2.94 bits per heavy atom. The van der Waals surface area contributed by atoms with E-state index in [0.717, 1.165) is 0 Å². The molecule has 2 aromatic heterocycles. The number of anilines is 1. The summed E-state index contributed by atoms with van der Waals surface area (Å²) < 4.78 is 1.23. The summed E-state index contributed by atoms with van der Waals surface area (Å²) in [6.07, 6.45) is 1.29. The van der Waals surface area contributed by atoms with E-state index >= 15 is 0 Å². The Morgan fingerprint density at radius 2 is 2.33 bits per heavy atom. The second kappa shape index (κ2) is 4.65. The fraction of sp³-hybridized carbons (Fsp3) is 0.222. The first kappa shape index (κ1) is 11.8. The zero-order valence-electron chi connectivity index (χ0n) is 9.41. The number of H-pyrrole nitrogens is 1. The second-order valence-corrected chi connectivity index (χ2v) is 3.60. The van der Waals surface area contributed by atoms with Crippen molar-refractivity contribution < 1.29 is 14.7 Å². The van der Waals surface area contributed by atoms with Gasteiger partial charge in [0, 0.05) is 5.69 Å². The third-order valence-corrected chi connectivity index (χ3v) is 2.14. The Balaban J connectivity index is 2.09. The van der Waals surface area contributed by atoms with Crippen LogP contribution in [0.2, 0.25) is 0 Å². The quantitative estimate of drug-likeness (QED) is 0.680. The minimum Gasteiger partial charge on any atom is -0.477 e. The summed E-state index contributed by atoms with van der Waals surface area (Å²) >= 11 is 0. The molecule has 0 saturated heterocycles. The lowest BCUT2D eigenvalue weighted by Crippen LogP contribution is -2.20. The van der Waals surface area contributed by atoms with Gasteiger partial charge in [-0.3, -0.25) is 4.79 Å². The number of tetrazole rings is 1. The first-order chi connectivity index (χ1) is 8.56. The van der Waals surface area contributed by atoms with E-state index < -0.39 is 11.9 Å². The van der Waals surface area contributed by atoms with Gasteiger partial charge in [0.05, 0.1) is 5.69 Å². The van der Waals surface area contributed by atoms with Gasteiger partial charge in [-0.2, -0.15) is 0 Å². The molecular formula is C9H10N6O3. The Kier molecular flexibility index (Phi) is 3.04. The van der Waals surface area contributed by atoms with Crippen LogP contribution in [0.1, 0.15) is 16.2 Å². The topological polar surface area (TPSA) is 126 Å². The number of rotatable bonds is 4. The van der Waals surface area contributed by atoms with Gasteiger partial charge in [0.25, 0.3) is 0 Å². The van der Waals surface area contributed by atoms with Gasteiger partial charge in [-0.25, -0.2) is 9.48 Å². The summed E-state index contributed by atoms with van der Waals surface area (Å²) in [6, 6.07) is 1.54. The van der Waals surface area contributed by atoms with Crippen LogP contribution in [0.15, 0.2) is 12.4 Å². The lowest BCUT2D eigenvalue weighted by atomic mass is 10.3. The van der Waals surface area contributed by atoms with Crippen molar-refractivity contribution in [1.29, 1.82) is 0 Å². The molecule has 2 aromatic rings. The maximum Gasteiger partial charge on any atom is 0.354 e. The number of carbonyl (C=O) groups excluding carboxylic acids is 1. The fourth-order valence-electron chi connectivity index (χ4n) is 1.45. The van der Waals surface area contributed by atoms with Gasteiger partial charge in [0.15, 0.2) is 0 Å². The molecular weight excluding hydrogens is 240 g/mol. The monoisotopic (exact) mass is 250 g/mol. The van der Waals surface area contributed by atoms with Gasteiger partial charge < -0.3 is 15.4 Å². The number of hydrogen-bond acceptors (Lipinski definition) is 5. The average Bonchev–Trinajstić information content (AvgIpc) is 2.88. The van der Waals surface area contributed by atoms with E-state index in [4.69, 9.17) is 5.11 Å². The van der Waals surface area contributed by atoms with Crippen molar-refractivity contribution in [2.75, 3.05) is 5.32 Å². The van der Waals surface area contributed by atoms with E-state index in [1.165, 1.54) is 11.0 Å². The smallest absolute Gasteiger partial charge is 0.354 e. The van der Waals surface area contributed by atoms with Crippen molar-refractivity contribution in [3.63, 3.8) is 0 Å². The molecule has 0 aromatic carbocycles. The summed E-state index contributed by atoms with van der Waals surface area (Å²) in [5.41, 5.74) is 0.806. The number of aromatic nitrogens is 5. The summed E-state index contributed by atoms with van der Waals surface area (Å²) in [5.74, 6) is -1.55. The van der Waals surface area contributed by atoms with Gasteiger partial charge in [0.1, 0.15) is 18.6 Å². The number of aromatic amines is 1. The summed E-state index contributed by atoms with van der Waals surface area (Å²) in [7, 11) is 0. The predicted octanol–water partition coefficient (Wildman–Crippen LogP) is -0.353. The number of amides is 1. The van der Waals surface area contributed by atoms with Crippen LogP contribution in [-0.2, 0) is 11.3 Å². The normalized spacial score (nSPS) is 10.3. The molecule has 1 amide bonds. The highest BCUT2D eigenvalue weighted by Gasteiger charge is 2.15. The molecule has 3 N–H and O–H groups in total. The van der Waals surface area contributed by atoms with Crippen molar-refractivity contribution in [3.8, 4) is 0 Å². The number of aromatic carboxylic acids is 1. The number of aryl methyl sites for hydroxylation is 1. The van der Waals surface area contributed by atoms with E-state index in [2.05, 4.69) is 25.8 Å². The number of hydrogen-bond donors (Lipinski definition) is 3. The van der Waals surface area contributed by atoms with Crippen molar-refractivity contribution in [2.45, 2.75) is 13.5 Å². The van der Waals surface area contributed by atoms with Gasteiger partial charge in [-0.1, -0.05) is 0 Å². The van der Waals surface area contributed by atoms with Crippen LogP contribution in [0, 0.1) is 6.92 Å². The molecule has 0 aliphatic carbocycles. The van der Waals surface area contributed by atoms with Crippen LogP contribution in [0.4, 0.5) is 5.69 Å². The van der Waals surface area contributed by atoms with Crippen LogP contribution < -0.4 is 5.32 Å². The molecule has 0 aliphatic heterocycles. The minimum absolute atomic E-state index is 0.0578. The number of carbonyl (C=O) groups is 2. The molecule has 9 heteroatoms. The average molecular weight is 250 g/mol. The predicted molar refractivity (Wildman–Crippen MR) is 58.9 cm³/mol.